The highest BCUT2D eigenvalue weighted by Crippen LogP contribution is 2.30. The van der Waals surface area contributed by atoms with Crippen molar-refractivity contribution >= 4 is 0 Å². The zero-order valence-corrected chi connectivity index (χ0v) is 12.8. The Kier molecular flexibility index (Phi) is 4.69. The van der Waals surface area contributed by atoms with Crippen molar-refractivity contribution in [2.75, 3.05) is 13.2 Å². The van der Waals surface area contributed by atoms with Crippen LogP contribution in [0.25, 0.3) is 0 Å². The van der Waals surface area contributed by atoms with Crippen LogP contribution in [0.3, 0.4) is 0 Å². The molecule has 108 valence electrons. The van der Waals surface area contributed by atoms with Gasteiger partial charge in [0.2, 0.25) is 0 Å². The van der Waals surface area contributed by atoms with Crippen molar-refractivity contribution in [3.05, 3.63) is 23.5 Å². The number of aryl methyl sites for hydroxylation is 1. The number of fused-ring (bicyclic) bond motifs is 1. The molecular formula is C16H28N2O. The highest BCUT2D eigenvalue weighted by molar-refractivity contribution is 5.30. The summed E-state index contributed by atoms with van der Waals surface area (Å²) in [6.07, 6.45) is 8.42. The molecule has 0 spiro atoms. The van der Waals surface area contributed by atoms with E-state index < -0.39 is 0 Å². The molecule has 1 unspecified atom stereocenters. The molecule has 0 radical (unpaired) electrons. The summed E-state index contributed by atoms with van der Waals surface area (Å²) in [6, 6.07) is 0.554. The lowest BCUT2D eigenvalue weighted by molar-refractivity contribution is -0.00680. The Morgan fingerprint density at radius 3 is 2.84 bits per heavy atom. The third-order valence-electron chi connectivity index (χ3n) is 3.65. The molecule has 1 N–H and O–H groups in total. The highest BCUT2D eigenvalue weighted by Gasteiger charge is 2.21. The predicted molar refractivity (Wildman–Crippen MR) is 79.5 cm³/mol. The second-order valence-electron chi connectivity index (χ2n) is 6.44. The fraction of sp³-hybridized carbons (Fsp3) is 0.750. The first-order valence-electron chi connectivity index (χ1n) is 7.55. The van der Waals surface area contributed by atoms with Crippen molar-refractivity contribution in [1.82, 2.24) is 9.88 Å². The molecule has 0 amide bonds. The summed E-state index contributed by atoms with van der Waals surface area (Å²) in [7, 11) is 0. The molecule has 0 bridgehead atoms. The van der Waals surface area contributed by atoms with Gasteiger partial charge in [-0.2, -0.15) is 0 Å². The van der Waals surface area contributed by atoms with Gasteiger partial charge in [0.1, 0.15) is 0 Å². The molecule has 0 aliphatic heterocycles. The normalized spacial score (nSPS) is 19.5. The molecule has 1 heterocycles. The lowest BCUT2D eigenvalue weighted by atomic mass is 9.91. The van der Waals surface area contributed by atoms with E-state index in [0.717, 1.165) is 19.7 Å². The average molecular weight is 264 g/mol. The summed E-state index contributed by atoms with van der Waals surface area (Å²) in [5, 5.41) is 3.59. The number of rotatable bonds is 5. The van der Waals surface area contributed by atoms with Crippen LogP contribution in [0.5, 0.6) is 0 Å². The van der Waals surface area contributed by atoms with Gasteiger partial charge in [-0.1, -0.05) is 6.92 Å². The summed E-state index contributed by atoms with van der Waals surface area (Å²) < 4.78 is 8.10. The lowest BCUT2D eigenvalue weighted by Gasteiger charge is -2.22. The van der Waals surface area contributed by atoms with Gasteiger partial charge in [0.15, 0.2) is 0 Å². The fourth-order valence-corrected chi connectivity index (χ4v) is 2.79. The minimum absolute atomic E-state index is 0.0426. The Labute approximate surface area is 117 Å². The van der Waals surface area contributed by atoms with Crippen LogP contribution in [0.15, 0.2) is 12.4 Å². The molecule has 0 aromatic carbocycles. The van der Waals surface area contributed by atoms with Gasteiger partial charge in [-0.3, -0.25) is 0 Å². The molecular weight excluding hydrogens is 236 g/mol. The molecule has 1 aromatic rings. The van der Waals surface area contributed by atoms with E-state index in [9.17, 15) is 0 Å². The minimum Gasteiger partial charge on any atom is -0.374 e. The third kappa shape index (κ3) is 4.08. The van der Waals surface area contributed by atoms with Gasteiger partial charge in [0.25, 0.3) is 0 Å². The van der Waals surface area contributed by atoms with Crippen molar-refractivity contribution in [1.29, 1.82) is 0 Å². The first-order chi connectivity index (χ1) is 8.99. The van der Waals surface area contributed by atoms with Gasteiger partial charge in [0.05, 0.1) is 12.2 Å². The van der Waals surface area contributed by atoms with Gasteiger partial charge < -0.3 is 14.6 Å². The number of nitrogens with zero attached hydrogens (tertiary/aromatic N) is 1. The Bertz CT molecular complexity index is 403. The topological polar surface area (TPSA) is 26.2 Å². The van der Waals surface area contributed by atoms with E-state index in [4.69, 9.17) is 4.74 Å². The van der Waals surface area contributed by atoms with Crippen LogP contribution < -0.4 is 5.32 Å². The zero-order chi connectivity index (χ0) is 13.9. The van der Waals surface area contributed by atoms with Gasteiger partial charge in [-0.05, 0) is 57.7 Å². The van der Waals surface area contributed by atoms with Crippen LogP contribution in [-0.4, -0.2) is 23.3 Å². The lowest BCUT2D eigenvalue weighted by Crippen LogP contribution is -2.24. The second-order valence-corrected chi connectivity index (χ2v) is 6.44. The quantitative estimate of drug-likeness (QED) is 0.883. The molecule has 1 atom stereocenters. The largest absolute Gasteiger partial charge is 0.374 e. The standard InChI is InChI=1S/C16H28N2O/c1-5-17-15-8-6-7-13-11-18(12-14(13)15)9-10-19-16(2,3)4/h11-12,15,17H,5-10H2,1-4H3. The Morgan fingerprint density at radius 1 is 1.37 bits per heavy atom. The molecule has 3 heteroatoms. The average Bonchev–Trinajstić information content (AvgIpc) is 2.71. The second kappa shape index (κ2) is 6.10. The summed E-state index contributed by atoms with van der Waals surface area (Å²) in [6.45, 7) is 11.3. The zero-order valence-electron chi connectivity index (χ0n) is 12.8. The molecule has 1 aromatic heterocycles. The van der Waals surface area contributed by atoms with E-state index in [1.807, 2.05) is 0 Å². The first-order valence-corrected chi connectivity index (χ1v) is 7.55. The maximum Gasteiger partial charge on any atom is 0.0652 e. The van der Waals surface area contributed by atoms with Crippen molar-refractivity contribution in [2.24, 2.45) is 0 Å². The van der Waals surface area contributed by atoms with Crippen molar-refractivity contribution in [2.45, 2.75) is 65.1 Å². The van der Waals surface area contributed by atoms with Gasteiger partial charge >= 0.3 is 0 Å². The van der Waals surface area contributed by atoms with Gasteiger partial charge in [0, 0.05) is 25.0 Å². The summed E-state index contributed by atoms with van der Waals surface area (Å²) in [4.78, 5) is 0. The molecule has 1 aliphatic carbocycles. The number of ether oxygens (including phenoxy) is 1. The van der Waals surface area contributed by atoms with E-state index in [2.05, 4.69) is 50.0 Å². The predicted octanol–water partition coefficient (Wildman–Crippen LogP) is 3.29. The molecule has 0 saturated carbocycles. The fourth-order valence-electron chi connectivity index (χ4n) is 2.79. The maximum absolute atomic E-state index is 5.80. The van der Waals surface area contributed by atoms with Gasteiger partial charge in [-0.15, -0.1) is 0 Å². The van der Waals surface area contributed by atoms with E-state index >= 15 is 0 Å². The SMILES string of the molecule is CCNC1CCCc2cn(CCOC(C)(C)C)cc21. The monoisotopic (exact) mass is 264 g/mol. The van der Waals surface area contributed by atoms with Crippen molar-refractivity contribution in [3.8, 4) is 0 Å². The van der Waals surface area contributed by atoms with Crippen LogP contribution in [0.4, 0.5) is 0 Å². The summed E-state index contributed by atoms with van der Waals surface area (Å²) >= 11 is 0. The Balaban J connectivity index is 1.97. The third-order valence-corrected chi connectivity index (χ3v) is 3.65. The molecule has 2 rings (SSSR count). The number of hydrogen-bond acceptors (Lipinski definition) is 2. The number of hydrogen-bond donors (Lipinski definition) is 1. The van der Waals surface area contributed by atoms with E-state index in [0.29, 0.717) is 6.04 Å². The highest BCUT2D eigenvalue weighted by atomic mass is 16.5. The summed E-state index contributed by atoms with van der Waals surface area (Å²) in [5.74, 6) is 0. The van der Waals surface area contributed by atoms with Crippen LogP contribution in [-0.2, 0) is 17.7 Å². The van der Waals surface area contributed by atoms with Crippen molar-refractivity contribution < 1.29 is 4.74 Å². The van der Waals surface area contributed by atoms with Crippen LogP contribution in [0.2, 0.25) is 0 Å². The Hall–Kier alpha value is -0.800. The van der Waals surface area contributed by atoms with E-state index in [1.54, 1.807) is 0 Å². The number of nitrogens with one attached hydrogen (secondary N) is 1. The van der Waals surface area contributed by atoms with Crippen molar-refractivity contribution in [3.63, 3.8) is 0 Å². The molecule has 1 aliphatic rings. The molecule has 0 saturated heterocycles. The molecule has 0 fully saturated rings. The van der Waals surface area contributed by atoms with Crippen LogP contribution in [0.1, 0.15) is 57.7 Å². The smallest absolute Gasteiger partial charge is 0.0652 e. The summed E-state index contributed by atoms with van der Waals surface area (Å²) in [5.41, 5.74) is 2.98. The van der Waals surface area contributed by atoms with Gasteiger partial charge in [-0.25, -0.2) is 0 Å². The van der Waals surface area contributed by atoms with Crippen LogP contribution in [0, 0.1) is 0 Å². The number of aromatic nitrogens is 1. The van der Waals surface area contributed by atoms with E-state index in [1.165, 1.54) is 30.4 Å². The molecule has 19 heavy (non-hydrogen) atoms. The maximum atomic E-state index is 5.80. The molecule has 3 nitrogen and oxygen atoms in total. The minimum atomic E-state index is -0.0426. The van der Waals surface area contributed by atoms with Crippen LogP contribution >= 0.6 is 0 Å². The Morgan fingerprint density at radius 2 is 2.16 bits per heavy atom. The first kappa shape index (κ1) is 14.6. The van der Waals surface area contributed by atoms with E-state index in [-0.39, 0.29) is 5.60 Å².